The molecule has 0 radical (unpaired) electrons. The molecule has 0 atom stereocenters. The van der Waals surface area contributed by atoms with Gasteiger partial charge in [0.1, 0.15) is 17.5 Å². The number of rotatable bonds is 3. The Morgan fingerprint density at radius 3 is 2.70 bits per heavy atom. The van der Waals surface area contributed by atoms with Crippen molar-refractivity contribution in [2.24, 2.45) is 0 Å². The molecule has 3 N–H and O–H groups in total. The number of hydrogen-bond acceptors (Lipinski definition) is 5. The van der Waals surface area contributed by atoms with E-state index in [4.69, 9.17) is 5.73 Å². The van der Waals surface area contributed by atoms with Gasteiger partial charge in [-0.15, -0.1) is 0 Å². The third-order valence-electron chi connectivity index (χ3n) is 3.41. The van der Waals surface area contributed by atoms with Crippen LogP contribution >= 0.6 is 0 Å². The predicted molar refractivity (Wildman–Crippen MR) is 82.4 cm³/mol. The number of anilines is 4. The van der Waals surface area contributed by atoms with Gasteiger partial charge in [0.2, 0.25) is 0 Å². The number of nitrogens with one attached hydrogen (secondary N) is 1. The Balaban J connectivity index is 1.85. The molecule has 0 unspecified atom stereocenters. The molecule has 0 amide bonds. The summed E-state index contributed by atoms with van der Waals surface area (Å²) >= 11 is 0. The Labute approximate surface area is 118 Å². The zero-order valence-corrected chi connectivity index (χ0v) is 11.6. The first kappa shape index (κ1) is 12.7. The van der Waals surface area contributed by atoms with Crippen LogP contribution in [0.4, 0.5) is 23.0 Å². The molecule has 0 bridgehead atoms. The van der Waals surface area contributed by atoms with Crippen LogP contribution in [-0.2, 0) is 0 Å². The fourth-order valence-electron chi connectivity index (χ4n) is 2.49. The SMILES string of the molecule is Cc1nc(Nc2cccc(N)c2)cc(N2CCCC2)n1. The van der Waals surface area contributed by atoms with Gasteiger partial charge in [-0.25, -0.2) is 9.97 Å². The van der Waals surface area contributed by atoms with Crippen LogP contribution in [0.5, 0.6) is 0 Å². The van der Waals surface area contributed by atoms with Gasteiger partial charge in [-0.1, -0.05) is 6.07 Å². The van der Waals surface area contributed by atoms with Crippen molar-refractivity contribution in [3.05, 3.63) is 36.2 Å². The molecular weight excluding hydrogens is 250 g/mol. The molecule has 1 aliphatic rings. The Kier molecular flexibility index (Phi) is 3.41. The first-order valence-corrected chi connectivity index (χ1v) is 6.94. The van der Waals surface area contributed by atoms with Crippen LogP contribution in [0.25, 0.3) is 0 Å². The summed E-state index contributed by atoms with van der Waals surface area (Å²) in [5.41, 5.74) is 7.47. The summed E-state index contributed by atoms with van der Waals surface area (Å²) < 4.78 is 0. The fourth-order valence-corrected chi connectivity index (χ4v) is 2.49. The Hall–Kier alpha value is -2.30. The number of benzene rings is 1. The summed E-state index contributed by atoms with van der Waals surface area (Å²) in [5, 5.41) is 3.29. The van der Waals surface area contributed by atoms with Crippen LogP contribution < -0.4 is 16.0 Å². The lowest BCUT2D eigenvalue weighted by molar-refractivity contribution is 0.912. The van der Waals surface area contributed by atoms with Crippen molar-refractivity contribution < 1.29 is 0 Å². The van der Waals surface area contributed by atoms with E-state index in [0.717, 1.165) is 41.9 Å². The maximum absolute atomic E-state index is 5.79. The van der Waals surface area contributed by atoms with Crippen LogP contribution in [0.1, 0.15) is 18.7 Å². The highest BCUT2D eigenvalue weighted by atomic mass is 15.2. The van der Waals surface area contributed by atoms with Gasteiger partial charge in [-0.2, -0.15) is 0 Å². The average molecular weight is 269 g/mol. The van der Waals surface area contributed by atoms with Gasteiger partial charge in [0, 0.05) is 30.5 Å². The highest BCUT2D eigenvalue weighted by Gasteiger charge is 2.15. The Morgan fingerprint density at radius 1 is 1.15 bits per heavy atom. The lowest BCUT2D eigenvalue weighted by Gasteiger charge is -2.17. The molecule has 2 heterocycles. The van der Waals surface area contributed by atoms with Gasteiger partial charge in [0.25, 0.3) is 0 Å². The quantitative estimate of drug-likeness (QED) is 0.839. The minimum Gasteiger partial charge on any atom is -0.399 e. The molecule has 1 fully saturated rings. The maximum atomic E-state index is 5.79. The summed E-state index contributed by atoms with van der Waals surface area (Å²) in [5.74, 6) is 2.59. The van der Waals surface area contributed by atoms with Crippen LogP contribution in [0, 0.1) is 6.92 Å². The number of aryl methyl sites for hydroxylation is 1. The van der Waals surface area contributed by atoms with E-state index in [1.54, 1.807) is 0 Å². The van der Waals surface area contributed by atoms with Crippen molar-refractivity contribution >= 4 is 23.0 Å². The van der Waals surface area contributed by atoms with E-state index in [1.807, 2.05) is 37.3 Å². The highest BCUT2D eigenvalue weighted by Crippen LogP contribution is 2.23. The van der Waals surface area contributed by atoms with Crippen molar-refractivity contribution in [3.63, 3.8) is 0 Å². The average Bonchev–Trinajstić information content (AvgIpc) is 2.91. The number of nitrogens with two attached hydrogens (primary N) is 1. The summed E-state index contributed by atoms with van der Waals surface area (Å²) in [6.45, 7) is 4.08. The van der Waals surface area contributed by atoms with Crippen LogP contribution in [-0.4, -0.2) is 23.1 Å². The molecule has 2 aromatic rings. The minimum absolute atomic E-state index is 0.737. The van der Waals surface area contributed by atoms with E-state index in [1.165, 1.54) is 12.8 Å². The van der Waals surface area contributed by atoms with Crippen molar-refractivity contribution in [2.75, 3.05) is 29.0 Å². The van der Waals surface area contributed by atoms with E-state index < -0.39 is 0 Å². The van der Waals surface area contributed by atoms with Crippen molar-refractivity contribution in [1.82, 2.24) is 9.97 Å². The van der Waals surface area contributed by atoms with Crippen molar-refractivity contribution in [1.29, 1.82) is 0 Å². The molecule has 3 rings (SSSR count). The molecule has 5 heteroatoms. The molecule has 1 aromatic heterocycles. The summed E-state index contributed by atoms with van der Waals surface area (Å²) in [7, 11) is 0. The molecule has 1 aromatic carbocycles. The topological polar surface area (TPSA) is 67.1 Å². The zero-order valence-electron chi connectivity index (χ0n) is 11.6. The van der Waals surface area contributed by atoms with Gasteiger partial charge < -0.3 is 16.0 Å². The van der Waals surface area contributed by atoms with E-state index in [0.29, 0.717) is 0 Å². The standard InChI is InChI=1S/C15H19N5/c1-11-17-14(19-13-6-4-5-12(16)9-13)10-15(18-11)20-7-2-3-8-20/h4-6,9-10H,2-3,7-8,16H2,1H3,(H,17,18,19). The van der Waals surface area contributed by atoms with Crippen LogP contribution in [0.2, 0.25) is 0 Å². The third-order valence-corrected chi connectivity index (χ3v) is 3.41. The van der Waals surface area contributed by atoms with Gasteiger partial charge in [-0.05, 0) is 38.0 Å². The second kappa shape index (κ2) is 5.36. The molecule has 0 spiro atoms. The van der Waals surface area contributed by atoms with Crippen molar-refractivity contribution in [3.8, 4) is 0 Å². The normalized spacial score (nSPS) is 14.6. The molecule has 104 valence electrons. The smallest absolute Gasteiger partial charge is 0.136 e. The monoisotopic (exact) mass is 269 g/mol. The zero-order chi connectivity index (χ0) is 13.9. The lowest BCUT2D eigenvalue weighted by atomic mass is 10.3. The molecule has 0 saturated carbocycles. The van der Waals surface area contributed by atoms with Crippen LogP contribution in [0.3, 0.4) is 0 Å². The number of aromatic nitrogens is 2. The van der Waals surface area contributed by atoms with E-state index in [9.17, 15) is 0 Å². The summed E-state index contributed by atoms with van der Waals surface area (Å²) in [6.07, 6.45) is 2.47. The fraction of sp³-hybridized carbons (Fsp3) is 0.333. The second-order valence-corrected chi connectivity index (χ2v) is 5.10. The molecule has 0 aliphatic carbocycles. The third kappa shape index (κ3) is 2.82. The Bertz CT molecular complexity index is 605. The van der Waals surface area contributed by atoms with Gasteiger partial charge in [-0.3, -0.25) is 0 Å². The van der Waals surface area contributed by atoms with E-state index in [-0.39, 0.29) is 0 Å². The Morgan fingerprint density at radius 2 is 1.95 bits per heavy atom. The predicted octanol–water partition coefficient (Wildman–Crippen LogP) is 2.71. The second-order valence-electron chi connectivity index (χ2n) is 5.10. The highest BCUT2D eigenvalue weighted by molar-refractivity contribution is 5.63. The molecule has 1 aliphatic heterocycles. The van der Waals surface area contributed by atoms with Crippen molar-refractivity contribution in [2.45, 2.75) is 19.8 Å². The molecule has 20 heavy (non-hydrogen) atoms. The molecule has 5 nitrogen and oxygen atoms in total. The maximum Gasteiger partial charge on any atom is 0.136 e. The van der Waals surface area contributed by atoms with Crippen LogP contribution in [0.15, 0.2) is 30.3 Å². The summed E-state index contributed by atoms with van der Waals surface area (Å²) in [4.78, 5) is 11.3. The lowest BCUT2D eigenvalue weighted by Crippen LogP contribution is -2.19. The van der Waals surface area contributed by atoms with Gasteiger partial charge in [0.05, 0.1) is 0 Å². The first-order valence-electron chi connectivity index (χ1n) is 6.94. The van der Waals surface area contributed by atoms with Gasteiger partial charge >= 0.3 is 0 Å². The minimum atomic E-state index is 0.737. The summed E-state index contributed by atoms with van der Waals surface area (Å²) in [6, 6.07) is 9.66. The number of hydrogen-bond donors (Lipinski definition) is 2. The van der Waals surface area contributed by atoms with E-state index >= 15 is 0 Å². The van der Waals surface area contributed by atoms with Gasteiger partial charge in [0.15, 0.2) is 0 Å². The number of nitrogens with zero attached hydrogens (tertiary/aromatic N) is 3. The molecular formula is C15H19N5. The molecule has 1 saturated heterocycles. The number of nitrogen functional groups attached to an aromatic ring is 1. The first-order chi connectivity index (χ1) is 9.70. The van der Waals surface area contributed by atoms with E-state index in [2.05, 4.69) is 20.2 Å². The largest absolute Gasteiger partial charge is 0.399 e.